The minimum absolute atomic E-state index is 0.0195. The fourth-order valence-electron chi connectivity index (χ4n) is 3.88. The largest absolute Gasteiger partial charge is 0.479 e. The summed E-state index contributed by atoms with van der Waals surface area (Å²) in [6.45, 7) is 4.35. The molecule has 178 valence electrons. The zero-order valence-electron chi connectivity index (χ0n) is 19.2. The molecule has 0 amide bonds. The van der Waals surface area contributed by atoms with E-state index in [0.29, 0.717) is 34.4 Å². The number of rotatable bonds is 10. The first-order valence-corrected chi connectivity index (χ1v) is 14.6. The van der Waals surface area contributed by atoms with Gasteiger partial charge in [0.2, 0.25) is 4.38 Å². The number of ether oxygens (including phenoxy) is 1. The van der Waals surface area contributed by atoms with Crippen LogP contribution in [0.15, 0.2) is 84.9 Å². The number of carbonyl (C=O) groups excluding carboxylic acids is 1. The molecule has 0 radical (unpaired) electrons. The highest BCUT2D eigenvalue weighted by Gasteiger charge is 2.39. The standard InChI is InChI=1S/C27H28ClO3PS2/c1-3-31-27(33)34-26(19-18-25(29)21-14-16-22(28)17-15-21)20(2)32(30,23-10-6-4-7-11-23)24-12-8-5-9-13-24/h4-17,20,26H,3,18-19H2,1-2H3/t20-,26-/m1/s1. The summed E-state index contributed by atoms with van der Waals surface area (Å²) >= 11 is 12.8. The molecule has 0 unspecified atom stereocenters. The predicted octanol–water partition coefficient (Wildman–Crippen LogP) is 7.13. The molecule has 0 bridgehead atoms. The van der Waals surface area contributed by atoms with Crippen LogP contribution in [0.3, 0.4) is 0 Å². The number of thioether (sulfide) groups is 1. The molecular formula is C27H28ClO3PS2. The molecule has 7 heteroatoms. The molecule has 0 saturated heterocycles. The van der Waals surface area contributed by atoms with Gasteiger partial charge in [-0.1, -0.05) is 91.0 Å². The van der Waals surface area contributed by atoms with Gasteiger partial charge in [0.1, 0.15) is 7.14 Å². The van der Waals surface area contributed by atoms with Crippen LogP contribution >= 0.6 is 42.7 Å². The quantitative estimate of drug-likeness (QED) is 0.158. The minimum atomic E-state index is -3.05. The van der Waals surface area contributed by atoms with Gasteiger partial charge in [0.15, 0.2) is 5.78 Å². The van der Waals surface area contributed by atoms with Gasteiger partial charge in [0, 0.05) is 38.5 Å². The van der Waals surface area contributed by atoms with E-state index in [1.165, 1.54) is 11.8 Å². The summed E-state index contributed by atoms with van der Waals surface area (Å²) in [5.41, 5.74) is 0.334. The average molecular weight is 531 g/mol. The summed E-state index contributed by atoms with van der Waals surface area (Å²) in [4.78, 5) is 12.9. The molecular weight excluding hydrogens is 503 g/mol. The van der Waals surface area contributed by atoms with Crippen molar-refractivity contribution >= 4 is 63.5 Å². The Hall–Kier alpha value is -1.91. The number of Topliss-reactive ketones (excluding diaryl/α,β-unsaturated/α-hetero) is 1. The zero-order chi connectivity index (χ0) is 24.6. The first kappa shape index (κ1) is 26.7. The van der Waals surface area contributed by atoms with E-state index in [-0.39, 0.29) is 16.7 Å². The van der Waals surface area contributed by atoms with Crippen LogP contribution in [0.5, 0.6) is 0 Å². The molecule has 34 heavy (non-hydrogen) atoms. The topological polar surface area (TPSA) is 43.4 Å². The Kier molecular flexibility index (Phi) is 9.97. The minimum Gasteiger partial charge on any atom is -0.479 e. The number of hydrogen-bond donors (Lipinski definition) is 0. The number of halogens is 1. The van der Waals surface area contributed by atoms with E-state index in [1.807, 2.05) is 74.5 Å². The SMILES string of the molecule is CCOC(=S)S[C@H](CCC(=O)c1ccc(Cl)cc1)[C@@H](C)P(=O)(c1ccccc1)c1ccccc1. The average Bonchev–Trinajstić information content (AvgIpc) is 2.87. The molecule has 0 saturated carbocycles. The summed E-state index contributed by atoms with van der Waals surface area (Å²) in [5, 5.41) is 2.00. The molecule has 0 aliphatic heterocycles. The third kappa shape index (κ3) is 6.60. The van der Waals surface area contributed by atoms with Crippen molar-refractivity contribution in [2.24, 2.45) is 0 Å². The van der Waals surface area contributed by atoms with E-state index < -0.39 is 7.14 Å². The fourth-order valence-corrected chi connectivity index (χ4v) is 9.14. The number of carbonyl (C=O) groups is 1. The maximum Gasteiger partial charge on any atom is 0.220 e. The van der Waals surface area contributed by atoms with Crippen LogP contribution in [-0.4, -0.2) is 27.7 Å². The van der Waals surface area contributed by atoms with Crippen LogP contribution in [-0.2, 0) is 9.30 Å². The molecule has 2 atom stereocenters. The fraction of sp³-hybridized carbons (Fsp3) is 0.259. The first-order valence-electron chi connectivity index (χ1n) is 11.2. The maximum absolute atomic E-state index is 14.9. The van der Waals surface area contributed by atoms with Crippen LogP contribution in [0.4, 0.5) is 0 Å². The Bertz CT molecular complexity index is 1090. The van der Waals surface area contributed by atoms with Gasteiger partial charge in [-0.05, 0) is 49.8 Å². The van der Waals surface area contributed by atoms with Crippen LogP contribution in [0.25, 0.3) is 0 Å². The van der Waals surface area contributed by atoms with Gasteiger partial charge < -0.3 is 9.30 Å². The normalized spacial score (nSPS) is 13.1. The molecule has 0 aromatic heterocycles. The second-order valence-corrected chi connectivity index (χ2v) is 13.3. The molecule has 3 rings (SSSR count). The van der Waals surface area contributed by atoms with Gasteiger partial charge in [-0.2, -0.15) is 0 Å². The lowest BCUT2D eigenvalue weighted by molar-refractivity contribution is 0.0980. The van der Waals surface area contributed by atoms with Crippen molar-refractivity contribution in [2.45, 2.75) is 37.6 Å². The highest BCUT2D eigenvalue weighted by Crippen LogP contribution is 2.52. The van der Waals surface area contributed by atoms with Crippen molar-refractivity contribution in [2.75, 3.05) is 6.61 Å². The molecule has 0 aliphatic rings. The highest BCUT2D eigenvalue weighted by atomic mass is 35.5. The second kappa shape index (κ2) is 12.7. The number of ketones is 1. The Morgan fingerprint density at radius 1 is 0.971 bits per heavy atom. The number of thiocarbonyl (C=S) groups is 1. The van der Waals surface area contributed by atoms with Crippen molar-refractivity contribution in [3.05, 3.63) is 95.5 Å². The lowest BCUT2D eigenvalue weighted by Gasteiger charge is -2.32. The van der Waals surface area contributed by atoms with Gasteiger partial charge in [0.05, 0.1) is 6.61 Å². The van der Waals surface area contributed by atoms with Gasteiger partial charge >= 0.3 is 0 Å². The maximum atomic E-state index is 14.9. The van der Waals surface area contributed by atoms with Gasteiger partial charge in [-0.15, -0.1) is 0 Å². The van der Waals surface area contributed by atoms with E-state index in [2.05, 4.69) is 0 Å². The molecule has 3 aromatic rings. The van der Waals surface area contributed by atoms with Crippen molar-refractivity contribution < 1.29 is 14.1 Å². The summed E-state index contributed by atoms with van der Waals surface area (Å²) in [6, 6.07) is 26.1. The zero-order valence-corrected chi connectivity index (χ0v) is 22.5. The molecule has 0 spiro atoms. The van der Waals surface area contributed by atoms with Crippen LogP contribution in [0.2, 0.25) is 5.02 Å². The van der Waals surface area contributed by atoms with E-state index in [9.17, 15) is 9.36 Å². The van der Waals surface area contributed by atoms with Crippen molar-refractivity contribution in [3.63, 3.8) is 0 Å². The molecule has 0 heterocycles. The highest BCUT2D eigenvalue weighted by molar-refractivity contribution is 8.23. The molecule has 3 nitrogen and oxygen atoms in total. The first-order chi connectivity index (χ1) is 16.4. The lowest BCUT2D eigenvalue weighted by Crippen LogP contribution is -2.32. The van der Waals surface area contributed by atoms with Crippen molar-refractivity contribution in [3.8, 4) is 0 Å². The van der Waals surface area contributed by atoms with E-state index in [4.69, 9.17) is 28.6 Å². The molecule has 3 aromatic carbocycles. The van der Waals surface area contributed by atoms with Gasteiger partial charge in [-0.3, -0.25) is 4.79 Å². The molecule has 0 N–H and O–H groups in total. The van der Waals surface area contributed by atoms with Gasteiger partial charge in [-0.25, -0.2) is 0 Å². The summed E-state index contributed by atoms with van der Waals surface area (Å²) in [6.07, 6.45) is 0.826. The van der Waals surface area contributed by atoms with E-state index >= 15 is 0 Å². The third-order valence-corrected chi connectivity index (χ3v) is 11.5. The molecule has 0 fully saturated rings. The smallest absolute Gasteiger partial charge is 0.220 e. The number of benzene rings is 3. The summed E-state index contributed by atoms with van der Waals surface area (Å²) in [7, 11) is -3.05. The molecule has 0 aliphatic carbocycles. The van der Waals surface area contributed by atoms with Crippen LogP contribution in [0, 0.1) is 0 Å². The Balaban J connectivity index is 1.93. The van der Waals surface area contributed by atoms with Crippen LogP contribution in [0.1, 0.15) is 37.0 Å². The summed E-state index contributed by atoms with van der Waals surface area (Å²) < 4.78 is 20.8. The third-order valence-electron chi connectivity index (χ3n) is 5.72. The Morgan fingerprint density at radius 3 is 2.00 bits per heavy atom. The lowest BCUT2D eigenvalue weighted by atomic mass is 10.0. The monoisotopic (exact) mass is 530 g/mol. The predicted molar refractivity (Wildman–Crippen MR) is 150 cm³/mol. The van der Waals surface area contributed by atoms with E-state index in [1.54, 1.807) is 24.3 Å². The van der Waals surface area contributed by atoms with E-state index in [0.717, 1.165) is 10.6 Å². The van der Waals surface area contributed by atoms with Crippen LogP contribution < -0.4 is 10.6 Å². The Morgan fingerprint density at radius 2 is 1.50 bits per heavy atom. The van der Waals surface area contributed by atoms with Gasteiger partial charge in [0.25, 0.3) is 0 Å². The van der Waals surface area contributed by atoms with Crippen molar-refractivity contribution in [1.29, 1.82) is 0 Å². The Labute approximate surface area is 216 Å². The summed E-state index contributed by atoms with van der Waals surface area (Å²) in [5.74, 6) is 0.0195. The number of hydrogen-bond acceptors (Lipinski definition) is 5. The second-order valence-electron chi connectivity index (χ2n) is 7.88. The van der Waals surface area contributed by atoms with Crippen molar-refractivity contribution in [1.82, 2.24) is 0 Å².